The Morgan fingerprint density at radius 2 is 2.29 bits per heavy atom. The highest BCUT2D eigenvalue weighted by Gasteiger charge is 2.07. The van der Waals surface area contributed by atoms with Gasteiger partial charge in [0.15, 0.2) is 5.65 Å². The molecule has 0 saturated carbocycles. The van der Waals surface area contributed by atoms with Gasteiger partial charge in [-0.25, -0.2) is 9.97 Å². The van der Waals surface area contributed by atoms with Crippen LogP contribution >= 0.6 is 11.8 Å². The maximum atomic E-state index is 4.54. The van der Waals surface area contributed by atoms with Gasteiger partial charge in [0.1, 0.15) is 10.8 Å². The number of hydrogen-bond donors (Lipinski definition) is 1. The first-order chi connectivity index (χ1) is 8.20. The second kappa shape index (κ2) is 5.37. The number of nitrogens with one attached hydrogen (secondary N) is 1. The quantitative estimate of drug-likeness (QED) is 0.814. The lowest BCUT2D eigenvalue weighted by molar-refractivity contribution is 0.437. The summed E-state index contributed by atoms with van der Waals surface area (Å²) in [6, 6.07) is 0. The van der Waals surface area contributed by atoms with Crippen LogP contribution in [0.5, 0.6) is 0 Å². The molecule has 0 atom stereocenters. The van der Waals surface area contributed by atoms with Crippen molar-refractivity contribution in [3.63, 3.8) is 0 Å². The van der Waals surface area contributed by atoms with Crippen molar-refractivity contribution >= 4 is 23.2 Å². The van der Waals surface area contributed by atoms with E-state index in [0.29, 0.717) is 0 Å². The van der Waals surface area contributed by atoms with Crippen molar-refractivity contribution in [2.24, 2.45) is 0 Å². The van der Waals surface area contributed by atoms with E-state index in [1.165, 1.54) is 0 Å². The topological polar surface area (TPSA) is 45.5 Å². The number of thioether (sulfide) groups is 1. The monoisotopic (exact) mass is 251 g/mol. The van der Waals surface area contributed by atoms with Crippen LogP contribution in [0.2, 0.25) is 0 Å². The first-order valence-electron chi connectivity index (χ1n) is 5.49. The molecule has 2 rings (SSSR count). The summed E-state index contributed by atoms with van der Waals surface area (Å²) >= 11 is 1.74. The zero-order valence-electron chi connectivity index (χ0n) is 10.3. The molecule has 0 aliphatic heterocycles. The summed E-state index contributed by atoms with van der Waals surface area (Å²) in [6.07, 6.45) is 5.68. The van der Waals surface area contributed by atoms with Gasteiger partial charge in [-0.15, -0.1) is 11.8 Å². The molecule has 0 bridgehead atoms. The van der Waals surface area contributed by atoms with Crippen LogP contribution in [0.4, 0.5) is 5.82 Å². The summed E-state index contributed by atoms with van der Waals surface area (Å²) in [7, 11) is 6.02. The van der Waals surface area contributed by atoms with Gasteiger partial charge in [-0.1, -0.05) is 0 Å². The first-order valence-corrected chi connectivity index (χ1v) is 6.48. The minimum atomic E-state index is 0.864. The average molecular weight is 251 g/mol. The second-order valence-corrected chi connectivity index (χ2v) is 5.07. The highest BCUT2D eigenvalue weighted by atomic mass is 32.2. The minimum absolute atomic E-state index is 0.864. The third kappa shape index (κ3) is 2.89. The van der Waals surface area contributed by atoms with Crippen LogP contribution in [-0.2, 0) is 0 Å². The lowest BCUT2D eigenvalue weighted by Crippen LogP contribution is -2.15. The second-order valence-electron chi connectivity index (χ2n) is 3.99. The minimum Gasteiger partial charge on any atom is -0.372 e. The Balaban J connectivity index is 2.21. The molecule has 0 amide bonds. The normalized spacial score (nSPS) is 11.3. The van der Waals surface area contributed by atoms with E-state index in [4.69, 9.17) is 0 Å². The highest BCUT2D eigenvalue weighted by Crippen LogP contribution is 2.22. The third-order valence-electron chi connectivity index (χ3n) is 2.38. The van der Waals surface area contributed by atoms with Crippen molar-refractivity contribution in [1.29, 1.82) is 0 Å². The molecular formula is C11H17N5S. The molecule has 0 aliphatic carbocycles. The van der Waals surface area contributed by atoms with E-state index < -0.39 is 0 Å². The average Bonchev–Trinajstić information content (AvgIpc) is 2.76. The summed E-state index contributed by atoms with van der Waals surface area (Å²) in [5.74, 6) is 1.87. The van der Waals surface area contributed by atoms with Crippen LogP contribution in [0.15, 0.2) is 23.6 Å². The van der Waals surface area contributed by atoms with Crippen molar-refractivity contribution in [2.75, 3.05) is 38.8 Å². The number of nitrogens with zero attached hydrogens (tertiary/aromatic N) is 4. The van der Waals surface area contributed by atoms with E-state index in [0.717, 1.165) is 28.8 Å². The van der Waals surface area contributed by atoms with Gasteiger partial charge in [-0.2, -0.15) is 0 Å². The van der Waals surface area contributed by atoms with Gasteiger partial charge in [-0.3, -0.25) is 0 Å². The summed E-state index contributed by atoms with van der Waals surface area (Å²) in [5, 5.41) is 4.04. The van der Waals surface area contributed by atoms with E-state index in [9.17, 15) is 0 Å². The Morgan fingerprint density at radius 1 is 1.47 bits per heavy atom. The zero-order chi connectivity index (χ0) is 12.3. The molecule has 0 aliphatic rings. The van der Waals surface area contributed by atoms with Crippen LogP contribution in [0.1, 0.15) is 0 Å². The lowest BCUT2D eigenvalue weighted by atomic mass is 10.6. The number of imidazole rings is 1. The van der Waals surface area contributed by atoms with Crippen LogP contribution in [-0.4, -0.2) is 52.7 Å². The fourth-order valence-corrected chi connectivity index (χ4v) is 2.54. The maximum absolute atomic E-state index is 4.54. The fourth-order valence-electron chi connectivity index (χ4n) is 1.45. The van der Waals surface area contributed by atoms with Crippen molar-refractivity contribution in [3.05, 3.63) is 18.6 Å². The SMILES string of the molecule is CNc1cn2ccnc2c(SCCN(C)C)n1. The summed E-state index contributed by atoms with van der Waals surface area (Å²) in [4.78, 5) is 11.0. The van der Waals surface area contributed by atoms with Crippen LogP contribution < -0.4 is 5.32 Å². The van der Waals surface area contributed by atoms with Crippen molar-refractivity contribution < 1.29 is 0 Å². The predicted octanol–water partition coefficient (Wildman–Crippen LogP) is 1.42. The molecule has 2 heterocycles. The van der Waals surface area contributed by atoms with E-state index in [-0.39, 0.29) is 0 Å². The smallest absolute Gasteiger partial charge is 0.169 e. The number of fused-ring (bicyclic) bond motifs is 1. The molecule has 0 spiro atoms. The molecule has 0 fully saturated rings. The van der Waals surface area contributed by atoms with Crippen molar-refractivity contribution in [2.45, 2.75) is 5.03 Å². The molecule has 6 heteroatoms. The number of rotatable bonds is 5. The fraction of sp³-hybridized carbons (Fsp3) is 0.455. The molecule has 0 saturated heterocycles. The Kier molecular flexibility index (Phi) is 3.86. The van der Waals surface area contributed by atoms with Gasteiger partial charge in [0.2, 0.25) is 0 Å². The Labute approximate surface area is 105 Å². The number of aromatic nitrogens is 3. The first kappa shape index (κ1) is 12.2. The summed E-state index contributed by atoms with van der Waals surface area (Å²) < 4.78 is 2.00. The Bertz CT molecular complexity index is 494. The van der Waals surface area contributed by atoms with Gasteiger partial charge in [0.25, 0.3) is 0 Å². The molecule has 0 radical (unpaired) electrons. The summed E-state index contributed by atoms with van der Waals surface area (Å²) in [6.45, 7) is 1.03. The highest BCUT2D eigenvalue weighted by molar-refractivity contribution is 7.99. The molecule has 17 heavy (non-hydrogen) atoms. The maximum Gasteiger partial charge on any atom is 0.169 e. The number of anilines is 1. The van der Waals surface area contributed by atoms with E-state index in [1.807, 2.05) is 23.8 Å². The Morgan fingerprint density at radius 3 is 3.00 bits per heavy atom. The van der Waals surface area contributed by atoms with Crippen molar-refractivity contribution in [3.8, 4) is 0 Å². The molecule has 2 aromatic rings. The molecule has 0 aromatic carbocycles. The predicted molar refractivity (Wildman–Crippen MR) is 71.8 cm³/mol. The molecular weight excluding hydrogens is 234 g/mol. The van der Waals surface area contributed by atoms with Crippen LogP contribution in [0.3, 0.4) is 0 Å². The van der Waals surface area contributed by atoms with Gasteiger partial charge in [0, 0.05) is 31.7 Å². The van der Waals surface area contributed by atoms with E-state index in [1.54, 1.807) is 18.0 Å². The van der Waals surface area contributed by atoms with E-state index in [2.05, 4.69) is 34.3 Å². The molecule has 0 unspecified atom stereocenters. The van der Waals surface area contributed by atoms with Crippen molar-refractivity contribution in [1.82, 2.24) is 19.3 Å². The van der Waals surface area contributed by atoms with E-state index >= 15 is 0 Å². The van der Waals surface area contributed by atoms with Crippen LogP contribution in [0, 0.1) is 0 Å². The molecule has 92 valence electrons. The molecule has 5 nitrogen and oxygen atoms in total. The number of hydrogen-bond acceptors (Lipinski definition) is 5. The Hall–Kier alpha value is -1.27. The summed E-state index contributed by atoms with van der Waals surface area (Å²) in [5.41, 5.74) is 0.924. The zero-order valence-corrected chi connectivity index (χ0v) is 11.2. The van der Waals surface area contributed by atoms with Crippen LogP contribution in [0.25, 0.3) is 5.65 Å². The third-order valence-corrected chi connectivity index (χ3v) is 3.31. The van der Waals surface area contributed by atoms with Gasteiger partial charge in [0.05, 0.1) is 6.20 Å². The van der Waals surface area contributed by atoms with Gasteiger partial charge < -0.3 is 14.6 Å². The molecule has 2 aromatic heterocycles. The molecule has 1 N–H and O–H groups in total. The standard InChI is InChI=1S/C11H17N5S/c1-12-9-8-16-5-4-13-10(16)11(14-9)17-7-6-15(2)3/h4-5,8,12H,6-7H2,1-3H3. The lowest BCUT2D eigenvalue weighted by Gasteiger charge is -2.09. The largest absolute Gasteiger partial charge is 0.372 e. The van der Waals surface area contributed by atoms with Gasteiger partial charge in [-0.05, 0) is 14.1 Å². The van der Waals surface area contributed by atoms with Gasteiger partial charge >= 0.3 is 0 Å².